The fourth-order valence-corrected chi connectivity index (χ4v) is 2.73. The van der Waals surface area contributed by atoms with E-state index in [0.717, 1.165) is 23.8 Å². The topological polar surface area (TPSA) is 54.9 Å². The lowest BCUT2D eigenvalue weighted by atomic mass is 10.2. The summed E-state index contributed by atoms with van der Waals surface area (Å²) in [5.41, 5.74) is 2.37. The lowest BCUT2D eigenvalue weighted by molar-refractivity contribution is 0.146. The molecule has 2 aromatic rings. The highest BCUT2D eigenvalue weighted by atomic mass is 32.1. The van der Waals surface area contributed by atoms with Crippen molar-refractivity contribution in [3.05, 3.63) is 52.2 Å². The Bertz CT molecular complexity index is 614. The van der Waals surface area contributed by atoms with Crippen LogP contribution in [0.15, 0.2) is 46.1 Å². The van der Waals surface area contributed by atoms with Gasteiger partial charge in [-0.2, -0.15) is 11.3 Å². The number of benzene rings is 1. The molecule has 2 N–H and O–H groups in total. The highest BCUT2D eigenvalue weighted by molar-refractivity contribution is 7.07. The number of thiophene rings is 1. The molecular weight excluding hydrogens is 322 g/mol. The molecule has 24 heavy (non-hydrogen) atoms. The van der Waals surface area contributed by atoms with Gasteiger partial charge in [-0.1, -0.05) is 12.1 Å². The summed E-state index contributed by atoms with van der Waals surface area (Å²) in [5.74, 6) is 1.67. The minimum Gasteiger partial charge on any atom is -0.491 e. The third-order valence-corrected chi connectivity index (χ3v) is 3.99. The van der Waals surface area contributed by atoms with Crippen molar-refractivity contribution in [3.63, 3.8) is 0 Å². The second kappa shape index (κ2) is 10.7. The Kier molecular flexibility index (Phi) is 8.13. The minimum atomic E-state index is 0.554. The van der Waals surface area contributed by atoms with Crippen molar-refractivity contribution in [2.75, 3.05) is 26.9 Å². The van der Waals surface area contributed by atoms with Crippen LogP contribution < -0.4 is 15.4 Å². The van der Waals surface area contributed by atoms with E-state index < -0.39 is 0 Å². The van der Waals surface area contributed by atoms with Crippen molar-refractivity contribution < 1.29 is 9.47 Å². The Labute approximate surface area is 147 Å². The number of ether oxygens (including phenoxy) is 2. The molecule has 2 rings (SSSR count). The van der Waals surface area contributed by atoms with Gasteiger partial charge in [-0.3, -0.25) is 0 Å². The molecule has 0 aliphatic carbocycles. The molecule has 0 radical (unpaired) electrons. The van der Waals surface area contributed by atoms with E-state index in [0.29, 0.717) is 26.3 Å². The molecule has 0 aliphatic rings. The first-order chi connectivity index (χ1) is 11.8. The first-order valence-electron chi connectivity index (χ1n) is 8.05. The van der Waals surface area contributed by atoms with Gasteiger partial charge in [0.25, 0.3) is 0 Å². The van der Waals surface area contributed by atoms with Gasteiger partial charge < -0.3 is 20.1 Å². The SMILES string of the molecule is CCNC(=NCc1ccsc1)NCc1cccc(OCCOC)c1. The van der Waals surface area contributed by atoms with E-state index in [4.69, 9.17) is 9.47 Å². The summed E-state index contributed by atoms with van der Waals surface area (Å²) in [5, 5.41) is 10.8. The molecule has 0 aliphatic heterocycles. The highest BCUT2D eigenvalue weighted by Crippen LogP contribution is 2.13. The smallest absolute Gasteiger partial charge is 0.191 e. The predicted molar refractivity (Wildman–Crippen MR) is 99.8 cm³/mol. The van der Waals surface area contributed by atoms with E-state index >= 15 is 0 Å². The van der Waals surface area contributed by atoms with Gasteiger partial charge in [-0.25, -0.2) is 4.99 Å². The van der Waals surface area contributed by atoms with Crippen LogP contribution in [-0.2, 0) is 17.8 Å². The third-order valence-electron chi connectivity index (χ3n) is 3.26. The zero-order valence-corrected chi connectivity index (χ0v) is 15.1. The molecule has 1 aromatic carbocycles. The van der Waals surface area contributed by atoms with E-state index in [1.54, 1.807) is 18.4 Å². The summed E-state index contributed by atoms with van der Waals surface area (Å²) in [7, 11) is 1.67. The van der Waals surface area contributed by atoms with Crippen LogP contribution in [0.1, 0.15) is 18.1 Å². The summed E-state index contributed by atoms with van der Waals surface area (Å²) < 4.78 is 10.6. The lowest BCUT2D eigenvalue weighted by Crippen LogP contribution is -2.36. The highest BCUT2D eigenvalue weighted by Gasteiger charge is 2.01. The summed E-state index contributed by atoms with van der Waals surface area (Å²) in [6.45, 7) is 5.40. The van der Waals surface area contributed by atoms with Gasteiger partial charge in [0.15, 0.2) is 5.96 Å². The van der Waals surface area contributed by atoms with Gasteiger partial charge in [0.05, 0.1) is 13.2 Å². The molecule has 6 heteroatoms. The molecule has 0 amide bonds. The standard InChI is InChI=1S/C18H25N3O2S/c1-3-19-18(21-13-16-7-10-24-14-16)20-12-15-5-4-6-17(11-15)23-9-8-22-2/h4-7,10-11,14H,3,8-9,12-13H2,1-2H3,(H2,19,20,21). The fourth-order valence-electron chi connectivity index (χ4n) is 2.07. The molecule has 0 saturated heterocycles. The molecule has 0 spiro atoms. The van der Waals surface area contributed by atoms with Crippen molar-refractivity contribution in [1.82, 2.24) is 10.6 Å². The summed E-state index contributed by atoms with van der Waals surface area (Å²) in [6.07, 6.45) is 0. The quantitative estimate of drug-likeness (QED) is 0.416. The predicted octanol–water partition coefficient (Wildman–Crippen LogP) is 3.03. The molecule has 0 fully saturated rings. The minimum absolute atomic E-state index is 0.554. The van der Waals surface area contributed by atoms with Crippen LogP contribution in [0.25, 0.3) is 0 Å². The Morgan fingerprint density at radius 1 is 1.17 bits per heavy atom. The summed E-state index contributed by atoms with van der Waals surface area (Å²) >= 11 is 1.69. The van der Waals surface area contributed by atoms with E-state index in [1.807, 2.05) is 18.2 Å². The number of aliphatic imine (C=N–C) groups is 1. The van der Waals surface area contributed by atoms with E-state index in [2.05, 4.69) is 45.4 Å². The largest absolute Gasteiger partial charge is 0.491 e. The molecule has 5 nitrogen and oxygen atoms in total. The monoisotopic (exact) mass is 347 g/mol. The number of guanidine groups is 1. The van der Waals surface area contributed by atoms with Crippen molar-refractivity contribution in [1.29, 1.82) is 0 Å². The maximum atomic E-state index is 5.64. The number of rotatable bonds is 9. The van der Waals surface area contributed by atoms with Gasteiger partial charge in [0.1, 0.15) is 12.4 Å². The zero-order chi connectivity index (χ0) is 17.0. The van der Waals surface area contributed by atoms with Crippen LogP contribution in [0.4, 0.5) is 0 Å². The Morgan fingerprint density at radius 3 is 2.83 bits per heavy atom. The Balaban J connectivity index is 1.88. The number of methoxy groups -OCH3 is 1. The Morgan fingerprint density at radius 2 is 2.08 bits per heavy atom. The van der Waals surface area contributed by atoms with Crippen LogP contribution in [0.5, 0.6) is 5.75 Å². The van der Waals surface area contributed by atoms with Gasteiger partial charge >= 0.3 is 0 Å². The molecule has 0 unspecified atom stereocenters. The van der Waals surface area contributed by atoms with E-state index in [9.17, 15) is 0 Å². The maximum Gasteiger partial charge on any atom is 0.191 e. The second-order valence-corrected chi connectivity index (χ2v) is 5.95. The number of hydrogen-bond donors (Lipinski definition) is 2. The van der Waals surface area contributed by atoms with Crippen LogP contribution >= 0.6 is 11.3 Å². The van der Waals surface area contributed by atoms with Crippen molar-refractivity contribution in [2.24, 2.45) is 4.99 Å². The first-order valence-corrected chi connectivity index (χ1v) is 9.00. The zero-order valence-electron chi connectivity index (χ0n) is 14.2. The van der Waals surface area contributed by atoms with Crippen molar-refractivity contribution >= 4 is 17.3 Å². The van der Waals surface area contributed by atoms with E-state index in [1.165, 1.54) is 5.56 Å². The average molecular weight is 347 g/mol. The van der Waals surface area contributed by atoms with Crippen LogP contribution in [-0.4, -0.2) is 32.8 Å². The van der Waals surface area contributed by atoms with Gasteiger partial charge in [0.2, 0.25) is 0 Å². The van der Waals surface area contributed by atoms with Crippen molar-refractivity contribution in [2.45, 2.75) is 20.0 Å². The second-order valence-electron chi connectivity index (χ2n) is 5.17. The molecule has 0 saturated carbocycles. The third kappa shape index (κ3) is 6.60. The summed E-state index contributed by atoms with van der Waals surface area (Å²) in [6, 6.07) is 10.1. The molecule has 1 aromatic heterocycles. The number of nitrogens with one attached hydrogen (secondary N) is 2. The van der Waals surface area contributed by atoms with Gasteiger partial charge in [-0.05, 0) is 47.0 Å². The van der Waals surface area contributed by atoms with Crippen LogP contribution in [0, 0.1) is 0 Å². The molecule has 0 bridgehead atoms. The van der Waals surface area contributed by atoms with Crippen LogP contribution in [0.2, 0.25) is 0 Å². The van der Waals surface area contributed by atoms with Crippen molar-refractivity contribution in [3.8, 4) is 5.75 Å². The number of hydrogen-bond acceptors (Lipinski definition) is 4. The molecule has 1 heterocycles. The normalized spacial score (nSPS) is 11.3. The Hall–Kier alpha value is -2.05. The lowest BCUT2D eigenvalue weighted by Gasteiger charge is -2.12. The molecule has 0 atom stereocenters. The van der Waals surface area contributed by atoms with Gasteiger partial charge in [-0.15, -0.1) is 0 Å². The molecule has 130 valence electrons. The molecular formula is C18H25N3O2S. The average Bonchev–Trinajstić information content (AvgIpc) is 3.11. The number of nitrogens with zero attached hydrogens (tertiary/aromatic N) is 1. The van der Waals surface area contributed by atoms with Gasteiger partial charge in [0, 0.05) is 20.2 Å². The maximum absolute atomic E-state index is 5.64. The van der Waals surface area contributed by atoms with E-state index in [-0.39, 0.29) is 0 Å². The first kappa shape index (κ1) is 18.3. The fraction of sp³-hybridized carbons (Fsp3) is 0.389. The summed E-state index contributed by atoms with van der Waals surface area (Å²) in [4.78, 5) is 4.61. The van der Waals surface area contributed by atoms with Crippen LogP contribution in [0.3, 0.4) is 0 Å².